The van der Waals surface area contributed by atoms with E-state index in [9.17, 15) is 0 Å². The SMILES string of the molecule is COC(=N)C1CSCCO1. The maximum absolute atomic E-state index is 7.27. The second-order valence-electron chi connectivity index (χ2n) is 2.00. The van der Waals surface area contributed by atoms with Crippen molar-refractivity contribution in [1.82, 2.24) is 0 Å². The van der Waals surface area contributed by atoms with Crippen LogP contribution in [0.4, 0.5) is 0 Å². The van der Waals surface area contributed by atoms with Gasteiger partial charge in [0.05, 0.1) is 13.7 Å². The van der Waals surface area contributed by atoms with E-state index in [0.717, 1.165) is 18.1 Å². The smallest absolute Gasteiger partial charge is 0.211 e. The van der Waals surface area contributed by atoms with E-state index in [0.29, 0.717) is 0 Å². The van der Waals surface area contributed by atoms with Gasteiger partial charge in [-0.3, -0.25) is 5.41 Å². The van der Waals surface area contributed by atoms with E-state index < -0.39 is 0 Å². The third-order valence-electron chi connectivity index (χ3n) is 1.33. The molecule has 0 saturated carbocycles. The van der Waals surface area contributed by atoms with Gasteiger partial charge in [-0.15, -0.1) is 0 Å². The zero-order chi connectivity index (χ0) is 7.40. The maximum Gasteiger partial charge on any atom is 0.211 e. The number of hydrogen-bond acceptors (Lipinski definition) is 4. The van der Waals surface area contributed by atoms with Crippen molar-refractivity contribution in [1.29, 1.82) is 5.41 Å². The standard InChI is InChI=1S/C6H11NO2S/c1-8-6(7)5-4-10-3-2-9-5/h5,7H,2-4H2,1H3. The zero-order valence-corrected chi connectivity index (χ0v) is 6.74. The average Bonchev–Trinajstić information content (AvgIpc) is 2.05. The number of nitrogens with one attached hydrogen (secondary N) is 1. The van der Waals surface area contributed by atoms with Crippen LogP contribution in [-0.4, -0.2) is 37.2 Å². The van der Waals surface area contributed by atoms with Crippen LogP contribution in [0.2, 0.25) is 0 Å². The van der Waals surface area contributed by atoms with Crippen molar-refractivity contribution in [3.8, 4) is 0 Å². The van der Waals surface area contributed by atoms with E-state index in [1.54, 1.807) is 11.8 Å². The number of rotatable bonds is 1. The molecule has 1 aliphatic rings. The Morgan fingerprint density at radius 3 is 3.10 bits per heavy atom. The van der Waals surface area contributed by atoms with Crippen molar-refractivity contribution < 1.29 is 9.47 Å². The van der Waals surface area contributed by atoms with Crippen LogP contribution in [0.3, 0.4) is 0 Å². The van der Waals surface area contributed by atoms with Crippen molar-refractivity contribution in [3.05, 3.63) is 0 Å². The monoisotopic (exact) mass is 161 g/mol. The number of ether oxygens (including phenoxy) is 2. The van der Waals surface area contributed by atoms with Crippen molar-refractivity contribution in [2.75, 3.05) is 25.2 Å². The van der Waals surface area contributed by atoms with Gasteiger partial charge in [-0.05, 0) is 0 Å². The molecule has 1 saturated heterocycles. The fourth-order valence-corrected chi connectivity index (χ4v) is 1.61. The molecule has 0 bridgehead atoms. The molecule has 58 valence electrons. The van der Waals surface area contributed by atoms with Gasteiger partial charge in [0.2, 0.25) is 5.90 Å². The first-order chi connectivity index (χ1) is 4.84. The third kappa shape index (κ3) is 1.88. The van der Waals surface area contributed by atoms with Crippen molar-refractivity contribution in [2.24, 2.45) is 0 Å². The molecule has 1 aliphatic heterocycles. The summed E-state index contributed by atoms with van der Waals surface area (Å²) in [5, 5.41) is 7.27. The average molecular weight is 161 g/mol. The summed E-state index contributed by atoms with van der Waals surface area (Å²) in [4.78, 5) is 0. The highest BCUT2D eigenvalue weighted by Gasteiger charge is 2.19. The Kier molecular flexibility index (Phi) is 3.02. The van der Waals surface area contributed by atoms with Crippen LogP contribution >= 0.6 is 11.8 Å². The molecule has 0 aromatic carbocycles. The van der Waals surface area contributed by atoms with Gasteiger partial charge in [0.15, 0.2) is 0 Å². The zero-order valence-electron chi connectivity index (χ0n) is 5.92. The van der Waals surface area contributed by atoms with Crippen LogP contribution < -0.4 is 0 Å². The van der Waals surface area contributed by atoms with E-state index in [2.05, 4.69) is 0 Å². The first kappa shape index (κ1) is 7.88. The lowest BCUT2D eigenvalue weighted by Gasteiger charge is -2.21. The third-order valence-corrected chi connectivity index (χ3v) is 2.32. The molecule has 1 atom stereocenters. The molecule has 0 amide bonds. The molecule has 1 heterocycles. The van der Waals surface area contributed by atoms with Gasteiger partial charge in [-0.1, -0.05) is 0 Å². The predicted octanol–water partition coefficient (Wildman–Crippen LogP) is 0.742. The summed E-state index contributed by atoms with van der Waals surface area (Å²) in [5.41, 5.74) is 0. The van der Waals surface area contributed by atoms with Gasteiger partial charge in [0.1, 0.15) is 6.10 Å². The van der Waals surface area contributed by atoms with Crippen LogP contribution in [-0.2, 0) is 9.47 Å². The van der Waals surface area contributed by atoms with Crippen LogP contribution in [0.15, 0.2) is 0 Å². The lowest BCUT2D eigenvalue weighted by Crippen LogP contribution is -2.31. The fraction of sp³-hybridized carbons (Fsp3) is 0.833. The molecule has 1 unspecified atom stereocenters. The van der Waals surface area contributed by atoms with E-state index in [1.165, 1.54) is 7.11 Å². The number of hydrogen-bond donors (Lipinski definition) is 1. The molecule has 3 nitrogen and oxygen atoms in total. The summed E-state index contributed by atoms with van der Waals surface area (Å²) in [6, 6.07) is 0. The predicted molar refractivity (Wildman–Crippen MR) is 41.8 cm³/mol. The summed E-state index contributed by atoms with van der Waals surface area (Å²) < 4.78 is 9.99. The largest absolute Gasteiger partial charge is 0.483 e. The van der Waals surface area contributed by atoms with E-state index in [-0.39, 0.29) is 12.0 Å². The summed E-state index contributed by atoms with van der Waals surface area (Å²) in [5.74, 6) is 2.13. The lowest BCUT2D eigenvalue weighted by molar-refractivity contribution is 0.103. The minimum Gasteiger partial charge on any atom is -0.483 e. The number of thioether (sulfide) groups is 1. The highest BCUT2D eigenvalue weighted by atomic mass is 32.2. The minimum atomic E-state index is -0.108. The molecule has 1 N–H and O–H groups in total. The van der Waals surface area contributed by atoms with Gasteiger partial charge >= 0.3 is 0 Å². The normalized spacial score (nSPS) is 25.9. The Morgan fingerprint density at radius 1 is 1.80 bits per heavy atom. The summed E-state index contributed by atoms with van der Waals surface area (Å²) in [6.07, 6.45) is -0.108. The molecule has 1 rings (SSSR count). The molecule has 0 radical (unpaired) electrons. The van der Waals surface area contributed by atoms with Crippen LogP contribution in [0.25, 0.3) is 0 Å². The first-order valence-corrected chi connectivity index (χ1v) is 4.32. The van der Waals surface area contributed by atoms with E-state index in [4.69, 9.17) is 14.9 Å². The van der Waals surface area contributed by atoms with E-state index >= 15 is 0 Å². The van der Waals surface area contributed by atoms with Crippen LogP contribution in [0.5, 0.6) is 0 Å². The van der Waals surface area contributed by atoms with Crippen molar-refractivity contribution >= 4 is 17.7 Å². The summed E-state index contributed by atoms with van der Waals surface area (Å²) in [7, 11) is 1.50. The summed E-state index contributed by atoms with van der Waals surface area (Å²) in [6.45, 7) is 0.737. The van der Waals surface area contributed by atoms with Crippen LogP contribution in [0.1, 0.15) is 0 Å². The second-order valence-corrected chi connectivity index (χ2v) is 3.15. The van der Waals surface area contributed by atoms with Crippen molar-refractivity contribution in [3.63, 3.8) is 0 Å². The second kappa shape index (κ2) is 3.83. The molecule has 4 heteroatoms. The molecule has 0 aromatic rings. The first-order valence-electron chi connectivity index (χ1n) is 3.16. The van der Waals surface area contributed by atoms with E-state index in [1.807, 2.05) is 0 Å². The van der Waals surface area contributed by atoms with Gasteiger partial charge in [0, 0.05) is 11.5 Å². The van der Waals surface area contributed by atoms with Gasteiger partial charge in [-0.2, -0.15) is 11.8 Å². The molecule has 0 aliphatic carbocycles. The fourth-order valence-electron chi connectivity index (χ4n) is 0.771. The molecular formula is C6H11NO2S. The quantitative estimate of drug-likeness (QED) is 0.455. The Labute approximate surface area is 64.6 Å². The topological polar surface area (TPSA) is 42.3 Å². The van der Waals surface area contributed by atoms with Gasteiger partial charge in [-0.25, -0.2) is 0 Å². The molecule has 1 fully saturated rings. The lowest BCUT2D eigenvalue weighted by atomic mass is 10.4. The molecule has 0 spiro atoms. The Hall–Kier alpha value is -0.220. The summed E-state index contributed by atoms with van der Waals surface area (Å²) >= 11 is 1.80. The maximum atomic E-state index is 7.27. The highest BCUT2D eigenvalue weighted by Crippen LogP contribution is 2.13. The Balaban J connectivity index is 2.31. The number of methoxy groups -OCH3 is 1. The Morgan fingerprint density at radius 2 is 2.60 bits per heavy atom. The molecule has 0 aromatic heterocycles. The minimum absolute atomic E-state index is 0.108. The molecular weight excluding hydrogens is 150 g/mol. The Bertz CT molecular complexity index is 123. The van der Waals surface area contributed by atoms with Gasteiger partial charge < -0.3 is 9.47 Å². The van der Waals surface area contributed by atoms with Crippen LogP contribution in [0, 0.1) is 5.41 Å². The van der Waals surface area contributed by atoms with Gasteiger partial charge in [0.25, 0.3) is 0 Å². The highest BCUT2D eigenvalue weighted by molar-refractivity contribution is 7.99. The van der Waals surface area contributed by atoms with Crippen molar-refractivity contribution in [2.45, 2.75) is 6.10 Å². The molecule has 10 heavy (non-hydrogen) atoms.